The molecule has 30 heavy (non-hydrogen) atoms. The molecule has 0 radical (unpaired) electrons. The molecule has 5 unspecified atom stereocenters. The minimum atomic E-state index is -5.15. The third-order valence-corrected chi connectivity index (χ3v) is 3.95. The van der Waals surface area contributed by atoms with Gasteiger partial charge in [-0.3, -0.25) is 4.28 Å². The predicted octanol–water partition coefficient (Wildman–Crippen LogP) is -1.77. The van der Waals surface area contributed by atoms with Crippen molar-refractivity contribution in [3.05, 3.63) is 35.9 Å². The van der Waals surface area contributed by atoms with E-state index >= 15 is 0 Å². The smallest absolute Gasteiger partial charge is 0.283 e. The number of hydrogen-bond donors (Lipinski definition) is 4. The molecule has 0 bridgehead atoms. The van der Waals surface area contributed by atoms with Crippen molar-refractivity contribution in [3.8, 4) is 0 Å². The van der Waals surface area contributed by atoms with Gasteiger partial charge in [0.1, 0.15) is 30.5 Å². The number of aliphatic hydroxyl groups is 4. The van der Waals surface area contributed by atoms with Crippen LogP contribution >= 0.6 is 0 Å². The van der Waals surface area contributed by atoms with Crippen molar-refractivity contribution in [1.82, 2.24) is 0 Å². The van der Waals surface area contributed by atoms with Gasteiger partial charge in [0.15, 0.2) is 0 Å². The molecule has 0 aliphatic carbocycles. The lowest BCUT2D eigenvalue weighted by Gasteiger charge is -2.40. The SMILES string of the molecule is C[N+](C)(C)C.O=S(=O)([O-])ON=C(Cc1ccccc1)C1OC(CO)C(O)C(O)C1O. The van der Waals surface area contributed by atoms with Gasteiger partial charge in [-0.1, -0.05) is 35.5 Å². The molecule has 1 heterocycles. The quantitative estimate of drug-likeness (QED) is 0.129. The molecule has 5 atom stereocenters. The number of oxime groups is 1. The summed E-state index contributed by atoms with van der Waals surface area (Å²) in [5.74, 6) is 0. The molecule has 11 nitrogen and oxygen atoms in total. The van der Waals surface area contributed by atoms with Gasteiger partial charge in [0.25, 0.3) is 10.4 Å². The molecule has 4 N–H and O–H groups in total. The zero-order valence-corrected chi connectivity index (χ0v) is 18.1. The fourth-order valence-corrected chi connectivity index (χ4v) is 2.65. The predicted molar refractivity (Wildman–Crippen MR) is 106 cm³/mol. The van der Waals surface area contributed by atoms with E-state index in [0.29, 0.717) is 5.56 Å². The van der Waals surface area contributed by atoms with Crippen molar-refractivity contribution in [2.75, 3.05) is 34.8 Å². The van der Waals surface area contributed by atoms with Crippen LogP contribution in [-0.2, 0) is 25.8 Å². The Kier molecular flexibility index (Phi) is 9.78. The molecular formula is C18H30N2O9S. The monoisotopic (exact) mass is 450 g/mol. The molecule has 1 saturated heterocycles. The molecule has 1 fully saturated rings. The van der Waals surface area contributed by atoms with E-state index in [1.165, 1.54) is 0 Å². The second-order valence-electron chi connectivity index (χ2n) is 8.16. The first-order valence-electron chi connectivity index (χ1n) is 9.07. The lowest BCUT2D eigenvalue weighted by molar-refractivity contribution is -0.849. The van der Waals surface area contributed by atoms with Crippen LogP contribution in [0.3, 0.4) is 0 Å². The van der Waals surface area contributed by atoms with Crippen molar-refractivity contribution in [1.29, 1.82) is 0 Å². The highest BCUT2D eigenvalue weighted by Gasteiger charge is 2.45. The molecule has 0 spiro atoms. The highest BCUT2D eigenvalue weighted by atomic mass is 32.3. The Hall–Kier alpha value is -1.64. The van der Waals surface area contributed by atoms with E-state index < -0.39 is 47.5 Å². The third kappa shape index (κ3) is 9.45. The highest BCUT2D eigenvalue weighted by Crippen LogP contribution is 2.23. The van der Waals surface area contributed by atoms with E-state index in [1.807, 2.05) is 0 Å². The Labute approximate surface area is 176 Å². The van der Waals surface area contributed by atoms with Crippen molar-refractivity contribution in [2.24, 2.45) is 5.16 Å². The maximum absolute atomic E-state index is 10.7. The zero-order chi connectivity index (χ0) is 23.1. The van der Waals surface area contributed by atoms with E-state index in [9.17, 15) is 33.4 Å². The largest absolute Gasteiger partial charge is 0.714 e. The number of quaternary nitrogens is 1. The van der Waals surface area contributed by atoms with Crippen LogP contribution in [0.4, 0.5) is 0 Å². The van der Waals surface area contributed by atoms with Crippen molar-refractivity contribution in [3.63, 3.8) is 0 Å². The number of aliphatic hydroxyl groups excluding tert-OH is 4. The molecule has 1 aromatic rings. The van der Waals surface area contributed by atoms with Gasteiger partial charge in [-0.05, 0) is 5.56 Å². The Balaban J connectivity index is 0.000000804. The standard InChI is InChI=1S/C14H19NO9S.C4H12N/c16-7-10-11(17)12(18)13(19)14(23-10)9(15-24-25(20,21)22)6-8-4-2-1-3-5-8;1-5(2,3)4/h1-5,10-14,16-19H,6-7H2,(H,20,21,22);1-4H3/q;+1/p-1. The summed E-state index contributed by atoms with van der Waals surface area (Å²) < 4.78 is 42.2. The number of nitrogens with zero attached hydrogens (tertiary/aromatic N) is 2. The van der Waals surface area contributed by atoms with Gasteiger partial charge >= 0.3 is 0 Å². The summed E-state index contributed by atoms with van der Waals surface area (Å²) in [6.45, 7) is -0.666. The Morgan fingerprint density at radius 1 is 1.10 bits per heavy atom. The van der Waals surface area contributed by atoms with Gasteiger partial charge in [-0.2, -0.15) is 8.42 Å². The first kappa shape index (κ1) is 26.4. The summed E-state index contributed by atoms with van der Waals surface area (Å²) in [6.07, 6.45) is -7.64. The van der Waals surface area contributed by atoms with E-state index in [2.05, 4.69) is 37.6 Å². The van der Waals surface area contributed by atoms with Crippen molar-refractivity contribution < 1.29 is 46.9 Å². The van der Waals surface area contributed by atoms with Crippen LogP contribution < -0.4 is 0 Å². The highest BCUT2D eigenvalue weighted by molar-refractivity contribution is 7.80. The van der Waals surface area contributed by atoms with Crippen molar-refractivity contribution >= 4 is 16.1 Å². The molecule has 1 aliphatic rings. The molecule has 1 aliphatic heterocycles. The van der Waals surface area contributed by atoms with E-state index in [0.717, 1.165) is 4.48 Å². The molecular weight excluding hydrogens is 420 g/mol. The van der Waals surface area contributed by atoms with Crippen molar-refractivity contribution in [2.45, 2.75) is 36.9 Å². The summed E-state index contributed by atoms with van der Waals surface area (Å²) in [5, 5.41) is 42.2. The Bertz CT molecular complexity index is 773. The van der Waals surface area contributed by atoms with Crippen LogP contribution in [0.15, 0.2) is 35.5 Å². The lowest BCUT2D eigenvalue weighted by Crippen LogP contribution is -2.60. The number of benzene rings is 1. The van der Waals surface area contributed by atoms with E-state index in [4.69, 9.17) is 4.74 Å². The van der Waals surface area contributed by atoms with Crippen LogP contribution in [0.2, 0.25) is 0 Å². The Morgan fingerprint density at radius 2 is 1.63 bits per heavy atom. The van der Waals surface area contributed by atoms with Gasteiger partial charge in [0.2, 0.25) is 0 Å². The molecule has 0 aromatic heterocycles. The second-order valence-corrected chi connectivity index (χ2v) is 9.13. The summed E-state index contributed by atoms with van der Waals surface area (Å²) >= 11 is 0. The van der Waals surface area contributed by atoms with Gasteiger partial charge in [-0.15, -0.1) is 0 Å². The maximum atomic E-state index is 10.7. The van der Waals surface area contributed by atoms with Crippen LogP contribution in [0, 0.1) is 0 Å². The minimum absolute atomic E-state index is 0.0704. The number of hydrogen-bond acceptors (Lipinski definition) is 10. The average molecular weight is 451 g/mol. The lowest BCUT2D eigenvalue weighted by atomic mass is 9.90. The zero-order valence-electron chi connectivity index (χ0n) is 17.3. The Morgan fingerprint density at radius 3 is 2.10 bits per heavy atom. The van der Waals surface area contributed by atoms with Gasteiger partial charge < -0.3 is 34.2 Å². The molecule has 0 saturated carbocycles. The molecule has 1 aromatic carbocycles. The number of rotatable bonds is 6. The summed E-state index contributed by atoms with van der Waals surface area (Å²) in [5.41, 5.74) is 0.424. The van der Waals surface area contributed by atoms with Gasteiger partial charge in [0, 0.05) is 6.42 Å². The van der Waals surface area contributed by atoms with E-state index in [1.54, 1.807) is 30.3 Å². The first-order valence-corrected chi connectivity index (χ1v) is 10.4. The maximum Gasteiger partial charge on any atom is 0.283 e. The molecule has 2 rings (SSSR count). The molecule has 172 valence electrons. The summed E-state index contributed by atoms with van der Waals surface area (Å²) in [6, 6.07) is 8.49. The first-order chi connectivity index (χ1) is 13.7. The average Bonchev–Trinajstić information content (AvgIpc) is 2.62. The topological polar surface area (TPSA) is 169 Å². The normalized spacial score (nSPS) is 27.8. The second kappa shape index (κ2) is 11.1. The summed E-state index contributed by atoms with van der Waals surface area (Å²) in [4.78, 5) is 0. The third-order valence-electron chi connectivity index (χ3n) is 3.69. The van der Waals surface area contributed by atoms with Crippen LogP contribution in [-0.4, -0.2) is 109 Å². The fraction of sp³-hybridized carbons (Fsp3) is 0.611. The van der Waals surface area contributed by atoms with Crippen LogP contribution in [0.25, 0.3) is 0 Å². The summed E-state index contributed by atoms with van der Waals surface area (Å²) in [7, 11) is 3.35. The molecule has 0 amide bonds. The van der Waals surface area contributed by atoms with Crippen LogP contribution in [0.5, 0.6) is 0 Å². The van der Waals surface area contributed by atoms with E-state index in [-0.39, 0.29) is 12.1 Å². The van der Waals surface area contributed by atoms with Gasteiger partial charge in [0.05, 0.1) is 40.5 Å². The van der Waals surface area contributed by atoms with Gasteiger partial charge in [-0.25, -0.2) is 0 Å². The minimum Gasteiger partial charge on any atom is -0.714 e. The molecule has 12 heteroatoms. The fourth-order valence-electron chi connectivity index (χ4n) is 2.46. The number of ether oxygens (including phenoxy) is 1. The van der Waals surface area contributed by atoms with Crippen LogP contribution in [0.1, 0.15) is 5.56 Å².